The Morgan fingerprint density at radius 3 is 2.43 bits per heavy atom. The third-order valence-electron chi connectivity index (χ3n) is 2.89. The number of nitrogen functional groups attached to an aromatic ring is 1. The van der Waals surface area contributed by atoms with Gasteiger partial charge in [-0.3, -0.25) is 0 Å². The summed E-state index contributed by atoms with van der Waals surface area (Å²) >= 11 is 0. The van der Waals surface area contributed by atoms with E-state index in [9.17, 15) is 8.42 Å². The molecule has 5 nitrogen and oxygen atoms in total. The van der Waals surface area contributed by atoms with Gasteiger partial charge in [0.15, 0.2) is 0 Å². The molecule has 2 aromatic rings. The maximum atomic E-state index is 12.0. The van der Waals surface area contributed by atoms with E-state index in [0.29, 0.717) is 16.8 Å². The SMILES string of the molecule is N#Cc1ccc(CNS(=O)(=O)Cc2cccc(N)c2)cc1. The van der Waals surface area contributed by atoms with Crippen LogP contribution in [0.5, 0.6) is 0 Å². The quantitative estimate of drug-likeness (QED) is 0.822. The molecular weight excluding hydrogens is 286 g/mol. The predicted molar refractivity (Wildman–Crippen MR) is 81.5 cm³/mol. The number of hydrogen-bond acceptors (Lipinski definition) is 4. The predicted octanol–water partition coefficient (Wildman–Crippen LogP) is 1.76. The molecule has 0 aromatic heterocycles. The van der Waals surface area contributed by atoms with E-state index < -0.39 is 10.0 Å². The topological polar surface area (TPSA) is 96.0 Å². The number of rotatable bonds is 5. The Morgan fingerprint density at radius 1 is 1.10 bits per heavy atom. The Bertz CT molecular complexity index is 762. The summed E-state index contributed by atoms with van der Waals surface area (Å²) in [5.74, 6) is -0.117. The van der Waals surface area contributed by atoms with Gasteiger partial charge in [-0.2, -0.15) is 5.26 Å². The fourth-order valence-electron chi connectivity index (χ4n) is 1.84. The zero-order valence-electron chi connectivity index (χ0n) is 11.3. The average molecular weight is 301 g/mol. The molecule has 0 aliphatic heterocycles. The van der Waals surface area contributed by atoms with Crippen molar-refractivity contribution in [3.05, 3.63) is 65.2 Å². The molecule has 0 heterocycles. The lowest BCUT2D eigenvalue weighted by atomic mass is 10.1. The highest BCUT2D eigenvalue weighted by molar-refractivity contribution is 7.88. The van der Waals surface area contributed by atoms with Gasteiger partial charge < -0.3 is 5.73 Å². The van der Waals surface area contributed by atoms with Crippen LogP contribution in [0.15, 0.2) is 48.5 Å². The Hall–Kier alpha value is -2.36. The van der Waals surface area contributed by atoms with E-state index in [1.165, 1.54) is 0 Å². The van der Waals surface area contributed by atoms with Crippen LogP contribution in [0, 0.1) is 11.3 Å². The first-order valence-corrected chi connectivity index (χ1v) is 7.94. The van der Waals surface area contributed by atoms with Crippen molar-refractivity contribution in [2.45, 2.75) is 12.3 Å². The second-order valence-electron chi connectivity index (χ2n) is 4.63. The van der Waals surface area contributed by atoms with E-state index in [0.717, 1.165) is 5.56 Å². The van der Waals surface area contributed by atoms with Crippen LogP contribution >= 0.6 is 0 Å². The van der Waals surface area contributed by atoms with Gasteiger partial charge in [0, 0.05) is 12.2 Å². The second-order valence-corrected chi connectivity index (χ2v) is 6.44. The van der Waals surface area contributed by atoms with Crippen molar-refractivity contribution >= 4 is 15.7 Å². The molecule has 0 saturated carbocycles. The molecule has 0 unspecified atom stereocenters. The molecule has 0 radical (unpaired) electrons. The highest BCUT2D eigenvalue weighted by atomic mass is 32.2. The fourth-order valence-corrected chi connectivity index (χ4v) is 2.95. The van der Waals surface area contributed by atoms with Crippen molar-refractivity contribution in [3.63, 3.8) is 0 Å². The van der Waals surface area contributed by atoms with Gasteiger partial charge in [0.2, 0.25) is 10.0 Å². The minimum Gasteiger partial charge on any atom is -0.399 e. The van der Waals surface area contributed by atoms with Crippen LogP contribution in [-0.2, 0) is 22.3 Å². The Balaban J connectivity index is 1.99. The van der Waals surface area contributed by atoms with Crippen LogP contribution in [0.4, 0.5) is 5.69 Å². The third-order valence-corrected chi connectivity index (χ3v) is 4.18. The molecule has 2 rings (SSSR count). The van der Waals surface area contributed by atoms with E-state index in [1.54, 1.807) is 48.5 Å². The van der Waals surface area contributed by atoms with Crippen molar-refractivity contribution in [1.29, 1.82) is 5.26 Å². The summed E-state index contributed by atoms with van der Waals surface area (Å²) < 4.78 is 26.5. The molecule has 0 spiro atoms. The van der Waals surface area contributed by atoms with Gasteiger partial charge in [0.1, 0.15) is 0 Å². The molecule has 2 aromatic carbocycles. The van der Waals surface area contributed by atoms with Crippen molar-refractivity contribution in [1.82, 2.24) is 4.72 Å². The van der Waals surface area contributed by atoms with Crippen molar-refractivity contribution in [2.75, 3.05) is 5.73 Å². The van der Waals surface area contributed by atoms with Gasteiger partial charge in [-0.1, -0.05) is 24.3 Å². The van der Waals surface area contributed by atoms with Crippen LogP contribution in [0.2, 0.25) is 0 Å². The smallest absolute Gasteiger partial charge is 0.216 e. The van der Waals surface area contributed by atoms with E-state index in [1.807, 2.05) is 6.07 Å². The number of sulfonamides is 1. The molecule has 0 bridgehead atoms. The molecule has 0 fully saturated rings. The van der Waals surface area contributed by atoms with E-state index in [2.05, 4.69) is 4.72 Å². The molecule has 6 heteroatoms. The molecule has 0 atom stereocenters. The largest absolute Gasteiger partial charge is 0.399 e. The fraction of sp³-hybridized carbons (Fsp3) is 0.133. The first-order valence-electron chi connectivity index (χ1n) is 6.29. The van der Waals surface area contributed by atoms with E-state index in [-0.39, 0.29) is 12.3 Å². The van der Waals surface area contributed by atoms with Crippen molar-refractivity contribution in [3.8, 4) is 6.07 Å². The summed E-state index contributed by atoms with van der Waals surface area (Å²) in [4.78, 5) is 0. The molecule has 3 N–H and O–H groups in total. The second kappa shape index (κ2) is 6.39. The van der Waals surface area contributed by atoms with Crippen LogP contribution in [-0.4, -0.2) is 8.42 Å². The number of nitrogens with zero attached hydrogens (tertiary/aromatic N) is 1. The molecule has 21 heavy (non-hydrogen) atoms. The molecule has 0 amide bonds. The van der Waals surface area contributed by atoms with Gasteiger partial charge in [-0.15, -0.1) is 0 Å². The van der Waals surface area contributed by atoms with Crippen LogP contribution in [0.3, 0.4) is 0 Å². The number of nitrogens with two attached hydrogens (primary N) is 1. The number of nitrogens with one attached hydrogen (secondary N) is 1. The summed E-state index contributed by atoms with van der Waals surface area (Å²) in [5, 5.41) is 8.70. The van der Waals surface area contributed by atoms with Gasteiger partial charge in [-0.05, 0) is 35.4 Å². The lowest BCUT2D eigenvalue weighted by Crippen LogP contribution is -2.24. The minimum atomic E-state index is -3.44. The normalized spacial score (nSPS) is 11.0. The number of anilines is 1. The van der Waals surface area contributed by atoms with E-state index >= 15 is 0 Å². The van der Waals surface area contributed by atoms with Gasteiger partial charge in [0.05, 0.1) is 17.4 Å². The standard InChI is InChI=1S/C15H15N3O2S/c16-9-12-4-6-13(7-5-12)10-18-21(19,20)11-14-2-1-3-15(17)8-14/h1-8,18H,10-11,17H2. The Morgan fingerprint density at radius 2 is 1.81 bits per heavy atom. The summed E-state index contributed by atoms with van der Waals surface area (Å²) in [6, 6.07) is 15.6. The van der Waals surface area contributed by atoms with Crippen molar-refractivity contribution in [2.24, 2.45) is 0 Å². The van der Waals surface area contributed by atoms with Crippen LogP contribution in [0.1, 0.15) is 16.7 Å². The highest BCUT2D eigenvalue weighted by Gasteiger charge is 2.11. The zero-order chi connectivity index (χ0) is 15.3. The average Bonchev–Trinajstić information content (AvgIpc) is 2.45. The zero-order valence-corrected chi connectivity index (χ0v) is 12.1. The molecule has 0 aliphatic rings. The number of hydrogen-bond donors (Lipinski definition) is 2. The summed E-state index contributed by atoms with van der Waals surface area (Å²) in [7, 11) is -3.44. The van der Waals surface area contributed by atoms with Crippen LogP contribution < -0.4 is 10.5 Å². The Labute approximate surface area is 124 Å². The summed E-state index contributed by atoms with van der Waals surface area (Å²) in [6.45, 7) is 0.191. The van der Waals surface area contributed by atoms with E-state index in [4.69, 9.17) is 11.0 Å². The molecular formula is C15H15N3O2S. The van der Waals surface area contributed by atoms with Gasteiger partial charge >= 0.3 is 0 Å². The van der Waals surface area contributed by atoms with Crippen molar-refractivity contribution < 1.29 is 8.42 Å². The van der Waals surface area contributed by atoms with Gasteiger partial charge in [0.25, 0.3) is 0 Å². The van der Waals surface area contributed by atoms with Gasteiger partial charge in [-0.25, -0.2) is 13.1 Å². The highest BCUT2D eigenvalue weighted by Crippen LogP contribution is 2.10. The summed E-state index contributed by atoms with van der Waals surface area (Å²) in [5.41, 5.74) is 8.15. The monoisotopic (exact) mass is 301 g/mol. The first kappa shape index (κ1) is 15.0. The molecule has 0 aliphatic carbocycles. The number of benzene rings is 2. The third kappa shape index (κ3) is 4.60. The lowest BCUT2D eigenvalue weighted by molar-refractivity contribution is 0.580. The Kier molecular flexibility index (Phi) is 4.58. The lowest BCUT2D eigenvalue weighted by Gasteiger charge is -2.07. The maximum Gasteiger partial charge on any atom is 0.216 e. The number of nitriles is 1. The summed E-state index contributed by atoms with van der Waals surface area (Å²) in [6.07, 6.45) is 0. The maximum absolute atomic E-state index is 12.0. The molecule has 0 saturated heterocycles. The molecule has 108 valence electrons. The first-order chi connectivity index (χ1) is 9.98. The van der Waals surface area contributed by atoms with Crippen LogP contribution in [0.25, 0.3) is 0 Å². The minimum absolute atomic E-state index is 0.117.